The molecular formula is C14H29NO2. The van der Waals surface area contributed by atoms with Crippen molar-refractivity contribution in [1.82, 2.24) is 5.32 Å². The molecule has 0 radical (unpaired) electrons. The fourth-order valence-electron chi connectivity index (χ4n) is 2.55. The second-order valence-electron chi connectivity index (χ2n) is 5.46. The molecule has 1 N–H and O–H groups in total. The molecule has 3 nitrogen and oxygen atoms in total. The van der Waals surface area contributed by atoms with Gasteiger partial charge >= 0.3 is 0 Å². The Hall–Kier alpha value is -0.120. The van der Waals surface area contributed by atoms with Gasteiger partial charge in [-0.3, -0.25) is 0 Å². The van der Waals surface area contributed by atoms with E-state index in [9.17, 15) is 0 Å². The molecule has 0 bridgehead atoms. The first-order valence-corrected chi connectivity index (χ1v) is 7.03. The molecule has 17 heavy (non-hydrogen) atoms. The summed E-state index contributed by atoms with van der Waals surface area (Å²) in [5, 5.41) is 3.58. The van der Waals surface area contributed by atoms with Crippen molar-refractivity contribution < 1.29 is 9.47 Å². The van der Waals surface area contributed by atoms with Gasteiger partial charge in [0.1, 0.15) is 0 Å². The van der Waals surface area contributed by atoms with E-state index >= 15 is 0 Å². The minimum Gasteiger partial charge on any atom is -0.382 e. The summed E-state index contributed by atoms with van der Waals surface area (Å²) in [7, 11) is 0. The molecule has 0 aromatic carbocycles. The molecule has 0 aromatic rings. The summed E-state index contributed by atoms with van der Waals surface area (Å²) < 4.78 is 11.2. The Kier molecular flexibility index (Phi) is 6.45. The molecule has 0 aliphatic carbocycles. The van der Waals surface area contributed by atoms with Gasteiger partial charge in [-0.05, 0) is 33.1 Å². The van der Waals surface area contributed by atoms with Crippen molar-refractivity contribution in [2.45, 2.75) is 59.1 Å². The Bertz CT molecular complexity index is 208. The van der Waals surface area contributed by atoms with Crippen LogP contribution >= 0.6 is 0 Å². The van der Waals surface area contributed by atoms with Crippen LogP contribution in [-0.2, 0) is 9.47 Å². The van der Waals surface area contributed by atoms with E-state index in [4.69, 9.17) is 9.47 Å². The zero-order chi connectivity index (χ0) is 12.7. The predicted octanol–water partition coefficient (Wildman–Crippen LogP) is 2.60. The van der Waals surface area contributed by atoms with Gasteiger partial charge < -0.3 is 14.8 Å². The molecule has 2 atom stereocenters. The van der Waals surface area contributed by atoms with E-state index in [-0.39, 0.29) is 0 Å². The third kappa shape index (κ3) is 4.57. The molecule has 0 spiro atoms. The molecule has 1 fully saturated rings. The molecule has 102 valence electrons. The Morgan fingerprint density at radius 3 is 2.76 bits per heavy atom. The van der Waals surface area contributed by atoms with Crippen LogP contribution in [0.1, 0.15) is 47.0 Å². The topological polar surface area (TPSA) is 30.5 Å². The standard InChI is InChI=1S/C14H29NO2/c1-5-16-9-6-7-14(11-15-12(2)3)8-10-17-13(14)4/h12-13,15H,5-11H2,1-4H3. The Morgan fingerprint density at radius 2 is 2.24 bits per heavy atom. The molecule has 1 rings (SSSR count). The van der Waals surface area contributed by atoms with Crippen molar-refractivity contribution in [3.05, 3.63) is 0 Å². The first kappa shape index (κ1) is 14.9. The summed E-state index contributed by atoms with van der Waals surface area (Å²) in [4.78, 5) is 0. The molecule has 0 amide bonds. The molecule has 3 heteroatoms. The number of ether oxygens (including phenoxy) is 2. The average Bonchev–Trinajstić information content (AvgIpc) is 2.65. The van der Waals surface area contributed by atoms with E-state index in [0.717, 1.165) is 32.8 Å². The van der Waals surface area contributed by atoms with Gasteiger partial charge in [0.15, 0.2) is 0 Å². The van der Waals surface area contributed by atoms with Gasteiger partial charge in [0, 0.05) is 37.8 Å². The SMILES string of the molecule is CCOCCCC1(CNC(C)C)CCOC1C. The highest BCUT2D eigenvalue weighted by atomic mass is 16.5. The van der Waals surface area contributed by atoms with Crippen LogP contribution in [0.4, 0.5) is 0 Å². The minimum atomic E-state index is 0.321. The van der Waals surface area contributed by atoms with Gasteiger partial charge in [0.2, 0.25) is 0 Å². The fraction of sp³-hybridized carbons (Fsp3) is 1.00. The zero-order valence-electron chi connectivity index (χ0n) is 11.9. The lowest BCUT2D eigenvalue weighted by atomic mass is 9.77. The van der Waals surface area contributed by atoms with Gasteiger partial charge in [-0.2, -0.15) is 0 Å². The lowest BCUT2D eigenvalue weighted by Gasteiger charge is -2.33. The van der Waals surface area contributed by atoms with E-state index in [1.54, 1.807) is 0 Å². The summed E-state index contributed by atoms with van der Waals surface area (Å²) in [6.07, 6.45) is 3.89. The third-order valence-electron chi connectivity index (χ3n) is 3.86. The molecule has 2 unspecified atom stereocenters. The van der Waals surface area contributed by atoms with Crippen LogP contribution < -0.4 is 5.32 Å². The van der Waals surface area contributed by atoms with Crippen molar-refractivity contribution in [3.8, 4) is 0 Å². The highest BCUT2D eigenvalue weighted by Gasteiger charge is 2.40. The van der Waals surface area contributed by atoms with Crippen LogP contribution in [0, 0.1) is 5.41 Å². The van der Waals surface area contributed by atoms with Crippen LogP contribution in [0.5, 0.6) is 0 Å². The number of hydrogen-bond donors (Lipinski definition) is 1. The lowest BCUT2D eigenvalue weighted by molar-refractivity contribution is 0.0492. The molecule has 0 saturated carbocycles. The Balaban J connectivity index is 2.41. The number of hydrogen-bond acceptors (Lipinski definition) is 3. The summed E-state index contributed by atoms with van der Waals surface area (Å²) in [6, 6.07) is 0.548. The van der Waals surface area contributed by atoms with Crippen molar-refractivity contribution in [2.75, 3.05) is 26.4 Å². The van der Waals surface area contributed by atoms with Gasteiger partial charge in [0.05, 0.1) is 6.10 Å². The van der Waals surface area contributed by atoms with Gasteiger partial charge in [-0.25, -0.2) is 0 Å². The van der Waals surface area contributed by atoms with Crippen LogP contribution in [0.25, 0.3) is 0 Å². The zero-order valence-corrected chi connectivity index (χ0v) is 11.9. The van der Waals surface area contributed by atoms with Gasteiger partial charge in [-0.1, -0.05) is 13.8 Å². The largest absolute Gasteiger partial charge is 0.382 e. The maximum Gasteiger partial charge on any atom is 0.0616 e. The highest BCUT2D eigenvalue weighted by Crippen LogP contribution is 2.38. The summed E-state index contributed by atoms with van der Waals surface area (Å²) in [5.74, 6) is 0. The Labute approximate surface area is 106 Å². The molecular weight excluding hydrogens is 214 g/mol. The third-order valence-corrected chi connectivity index (χ3v) is 3.86. The quantitative estimate of drug-likeness (QED) is 0.665. The molecule has 1 heterocycles. The number of nitrogens with one attached hydrogen (secondary N) is 1. The van der Waals surface area contributed by atoms with Crippen LogP contribution in [-0.4, -0.2) is 38.5 Å². The van der Waals surface area contributed by atoms with Crippen molar-refractivity contribution in [2.24, 2.45) is 5.41 Å². The number of rotatable bonds is 8. The van der Waals surface area contributed by atoms with Gasteiger partial charge in [0.25, 0.3) is 0 Å². The second-order valence-corrected chi connectivity index (χ2v) is 5.46. The normalized spacial score (nSPS) is 29.1. The van der Waals surface area contributed by atoms with Crippen LogP contribution in [0.15, 0.2) is 0 Å². The van der Waals surface area contributed by atoms with E-state index in [1.165, 1.54) is 12.8 Å². The molecule has 1 aliphatic heterocycles. The van der Waals surface area contributed by atoms with E-state index in [2.05, 4.69) is 33.0 Å². The fourth-order valence-corrected chi connectivity index (χ4v) is 2.55. The van der Waals surface area contributed by atoms with Crippen LogP contribution in [0.3, 0.4) is 0 Å². The first-order chi connectivity index (χ1) is 8.10. The summed E-state index contributed by atoms with van der Waals surface area (Å²) in [5.41, 5.74) is 0.321. The highest BCUT2D eigenvalue weighted by molar-refractivity contribution is 4.91. The van der Waals surface area contributed by atoms with E-state index in [1.807, 2.05) is 0 Å². The van der Waals surface area contributed by atoms with E-state index < -0.39 is 0 Å². The lowest BCUT2D eigenvalue weighted by Crippen LogP contribution is -2.42. The Morgan fingerprint density at radius 1 is 1.47 bits per heavy atom. The van der Waals surface area contributed by atoms with Crippen molar-refractivity contribution in [1.29, 1.82) is 0 Å². The monoisotopic (exact) mass is 243 g/mol. The van der Waals surface area contributed by atoms with E-state index in [0.29, 0.717) is 17.6 Å². The van der Waals surface area contributed by atoms with Crippen molar-refractivity contribution >= 4 is 0 Å². The first-order valence-electron chi connectivity index (χ1n) is 7.03. The maximum absolute atomic E-state index is 5.78. The van der Waals surface area contributed by atoms with Gasteiger partial charge in [-0.15, -0.1) is 0 Å². The molecule has 1 aliphatic rings. The predicted molar refractivity (Wildman–Crippen MR) is 71.3 cm³/mol. The van der Waals surface area contributed by atoms with Crippen LogP contribution in [0.2, 0.25) is 0 Å². The van der Waals surface area contributed by atoms with Crippen molar-refractivity contribution in [3.63, 3.8) is 0 Å². The summed E-state index contributed by atoms with van der Waals surface area (Å²) >= 11 is 0. The molecule has 0 aromatic heterocycles. The summed E-state index contributed by atoms with van der Waals surface area (Å²) in [6.45, 7) is 12.4. The second kappa shape index (κ2) is 7.34. The maximum atomic E-state index is 5.78. The smallest absolute Gasteiger partial charge is 0.0616 e. The molecule has 1 saturated heterocycles. The average molecular weight is 243 g/mol. The minimum absolute atomic E-state index is 0.321.